The standard InChI is InChI=1S/C19H26N4O5/c1-11-6-7-12(19(2,3)27)8-13(11)28-14(24)9-23-10-20-16-15(23)17(25)22(5)18(26)21(16)4/h6,10,12-13,27H,7-9H2,1-5H3/t12-,13?/m0/s1. The number of aliphatic hydroxyl groups is 1. The molecule has 0 radical (unpaired) electrons. The minimum atomic E-state index is -0.862. The van der Waals surface area contributed by atoms with Crippen LogP contribution in [-0.4, -0.2) is 41.5 Å². The molecular weight excluding hydrogens is 364 g/mol. The third kappa shape index (κ3) is 3.54. The molecule has 0 fully saturated rings. The second kappa shape index (κ2) is 7.05. The lowest BCUT2D eigenvalue weighted by molar-refractivity contribution is -0.150. The molecule has 28 heavy (non-hydrogen) atoms. The van der Waals surface area contributed by atoms with Crippen molar-refractivity contribution in [2.45, 2.75) is 51.9 Å². The van der Waals surface area contributed by atoms with Crippen molar-refractivity contribution in [3.05, 3.63) is 38.8 Å². The Morgan fingerprint density at radius 2 is 2.00 bits per heavy atom. The van der Waals surface area contributed by atoms with Crippen molar-refractivity contribution in [3.8, 4) is 0 Å². The maximum Gasteiger partial charge on any atom is 0.332 e. The van der Waals surface area contributed by atoms with E-state index in [0.717, 1.165) is 16.6 Å². The van der Waals surface area contributed by atoms with Crippen LogP contribution in [0, 0.1) is 5.92 Å². The predicted molar refractivity (Wildman–Crippen MR) is 103 cm³/mol. The summed E-state index contributed by atoms with van der Waals surface area (Å²) in [4.78, 5) is 41.1. The Hall–Kier alpha value is -2.68. The third-order valence-electron chi connectivity index (χ3n) is 5.52. The summed E-state index contributed by atoms with van der Waals surface area (Å²) in [6.45, 7) is 5.21. The van der Waals surface area contributed by atoms with Gasteiger partial charge in [-0.05, 0) is 45.1 Å². The van der Waals surface area contributed by atoms with E-state index < -0.39 is 28.9 Å². The molecule has 9 heteroatoms. The number of aryl methyl sites for hydroxylation is 1. The highest BCUT2D eigenvalue weighted by molar-refractivity contribution is 5.75. The van der Waals surface area contributed by atoms with Crippen LogP contribution in [0.2, 0.25) is 0 Å². The van der Waals surface area contributed by atoms with Crippen LogP contribution < -0.4 is 11.2 Å². The number of hydrogen-bond donors (Lipinski definition) is 1. The molecule has 0 saturated carbocycles. The van der Waals surface area contributed by atoms with Crippen molar-refractivity contribution in [1.29, 1.82) is 0 Å². The molecule has 0 aromatic carbocycles. The summed E-state index contributed by atoms with van der Waals surface area (Å²) in [5, 5.41) is 10.3. The van der Waals surface area contributed by atoms with Gasteiger partial charge in [0.15, 0.2) is 11.2 Å². The van der Waals surface area contributed by atoms with E-state index in [1.807, 2.05) is 13.0 Å². The lowest BCUT2D eigenvalue weighted by Crippen LogP contribution is -2.38. The monoisotopic (exact) mass is 390 g/mol. The molecule has 0 aliphatic heterocycles. The molecule has 3 rings (SSSR count). The maximum absolute atomic E-state index is 12.5. The van der Waals surface area contributed by atoms with Crippen molar-refractivity contribution in [1.82, 2.24) is 18.7 Å². The van der Waals surface area contributed by atoms with Crippen LogP contribution >= 0.6 is 0 Å². The number of nitrogens with zero attached hydrogens (tertiary/aromatic N) is 4. The molecule has 2 aromatic heterocycles. The maximum atomic E-state index is 12.5. The molecule has 2 heterocycles. The van der Waals surface area contributed by atoms with Crippen LogP contribution in [0.25, 0.3) is 11.2 Å². The first-order chi connectivity index (χ1) is 13.0. The van der Waals surface area contributed by atoms with Gasteiger partial charge in [-0.15, -0.1) is 0 Å². The van der Waals surface area contributed by atoms with Gasteiger partial charge < -0.3 is 14.4 Å². The van der Waals surface area contributed by atoms with E-state index in [4.69, 9.17) is 4.74 Å². The van der Waals surface area contributed by atoms with Gasteiger partial charge in [-0.1, -0.05) is 6.08 Å². The molecule has 1 aliphatic carbocycles. The van der Waals surface area contributed by atoms with E-state index in [0.29, 0.717) is 6.42 Å². The Bertz CT molecular complexity index is 1070. The van der Waals surface area contributed by atoms with Crippen molar-refractivity contribution in [2.24, 2.45) is 20.0 Å². The summed E-state index contributed by atoms with van der Waals surface area (Å²) < 4.78 is 9.27. The average Bonchev–Trinajstić information content (AvgIpc) is 3.02. The number of carbonyl (C=O) groups excluding carboxylic acids is 1. The molecule has 1 N–H and O–H groups in total. The minimum absolute atomic E-state index is 0.00936. The molecule has 9 nitrogen and oxygen atoms in total. The largest absolute Gasteiger partial charge is 0.457 e. The van der Waals surface area contributed by atoms with Gasteiger partial charge in [0.05, 0.1) is 11.9 Å². The number of allylic oxidation sites excluding steroid dienone is 1. The predicted octanol–water partition coefficient (Wildman–Crippen LogP) is 0.473. The van der Waals surface area contributed by atoms with Gasteiger partial charge in [0, 0.05) is 14.1 Å². The number of aromatic nitrogens is 4. The average molecular weight is 390 g/mol. The number of carbonyl (C=O) groups is 1. The van der Waals surface area contributed by atoms with Gasteiger partial charge in [-0.2, -0.15) is 0 Å². The smallest absolute Gasteiger partial charge is 0.332 e. The van der Waals surface area contributed by atoms with E-state index in [1.54, 1.807) is 13.8 Å². The zero-order chi connectivity index (χ0) is 20.8. The highest BCUT2D eigenvalue weighted by Gasteiger charge is 2.33. The second-order valence-corrected chi connectivity index (χ2v) is 8.00. The van der Waals surface area contributed by atoms with Gasteiger partial charge >= 0.3 is 11.7 Å². The zero-order valence-corrected chi connectivity index (χ0v) is 16.8. The molecule has 1 aliphatic rings. The number of imidazole rings is 1. The Balaban J connectivity index is 1.83. The number of rotatable bonds is 4. The Labute approximate surface area is 161 Å². The number of hydrogen-bond acceptors (Lipinski definition) is 6. The highest BCUT2D eigenvalue weighted by atomic mass is 16.5. The lowest BCUT2D eigenvalue weighted by Gasteiger charge is -2.35. The molecular formula is C19H26N4O5. The van der Waals surface area contributed by atoms with Crippen molar-refractivity contribution >= 4 is 17.1 Å². The molecule has 2 atom stereocenters. The van der Waals surface area contributed by atoms with E-state index in [9.17, 15) is 19.5 Å². The fraction of sp³-hybridized carbons (Fsp3) is 0.579. The van der Waals surface area contributed by atoms with Crippen LogP contribution in [0.15, 0.2) is 27.6 Å². The lowest BCUT2D eigenvalue weighted by atomic mass is 9.78. The summed E-state index contributed by atoms with van der Waals surface area (Å²) in [5.74, 6) is -0.519. The van der Waals surface area contributed by atoms with Crippen LogP contribution in [0.1, 0.15) is 33.6 Å². The van der Waals surface area contributed by atoms with Crippen molar-refractivity contribution in [3.63, 3.8) is 0 Å². The molecule has 0 amide bonds. The van der Waals surface area contributed by atoms with Crippen molar-refractivity contribution in [2.75, 3.05) is 0 Å². The van der Waals surface area contributed by atoms with E-state index in [2.05, 4.69) is 4.98 Å². The van der Waals surface area contributed by atoms with Crippen LogP contribution in [-0.2, 0) is 30.2 Å². The molecule has 0 spiro atoms. The van der Waals surface area contributed by atoms with Gasteiger partial charge in [0.25, 0.3) is 5.56 Å². The fourth-order valence-electron chi connectivity index (χ4n) is 3.57. The first-order valence-corrected chi connectivity index (χ1v) is 9.20. The summed E-state index contributed by atoms with van der Waals surface area (Å²) in [6.07, 6.45) is 4.20. The minimum Gasteiger partial charge on any atom is -0.457 e. The summed E-state index contributed by atoms with van der Waals surface area (Å²) >= 11 is 0. The number of fused-ring (bicyclic) bond motifs is 1. The van der Waals surface area contributed by atoms with E-state index >= 15 is 0 Å². The van der Waals surface area contributed by atoms with Gasteiger partial charge in [-0.3, -0.25) is 18.7 Å². The first-order valence-electron chi connectivity index (χ1n) is 9.20. The summed E-state index contributed by atoms with van der Waals surface area (Å²) in [6, 6.07) is 0. The molecule has 152 valence electrons. The van der Waals surface area contributed by atoms with Gasteiger partial charge in [-0.25, -0.2) is 9.78 Å². The topological polar surface area (TPSA) is 108 Å². The molecule has 2 aromatic rings. The summed E-state index contributed by atoms with van der Waals surface area (Å²) in [7, 11) is 2.90. The Kier molecular flexibility index (Phi) is 5.05. The molecule has 0 bridgehead atoms. The van der Waals surface area contributed by atoms with Gasteiger partial charge in [0.1, 0.15) is 12.6 Å². The zero-order valence-electron chi connectivity index (χ0n) is 16.8. The fourth-order valence-corrected chi connectivity index (χ4v) is 3.57. The third-order valence-corrected chi connectivity index (χ3v) is 5.52. The quantitative estimate of drug-likeness (QED) is 0.601. The molecule has 1 unspecified atom stereocenters. The van der Waals surface area contributed by atoms with Crippen molar-refractivity contribution < 1.29 is 14.6 Å². The summed E-state index contributed by atoms with van der Waals surface area (Å²) in [5.41, 5.74) is -0.518. The Morgan fingerprint density at radius 1 is 1.32 bits per heavy atom. The normalized spacial score (nSPS) is 20.3. The van der Waals surface area contributed by atoms with E-state index in [1.165, 1.54) is 29.6 Å². The first kappa shape index (κ1) is 20.1. The highest BCUT2D eigenvalue weighted by Crippen LogP contribution is 2.33. The Morgan fingerprint density at radius 3 is 2.64 bits per heavy atom. The second-order valence-electron chi connectivity index (χ2n) is 8.00. The number of ether oxygens (including phenoxy) is 1. The molecule has 0 saturated heterocycles. The number of esters is 1. The SMILES string of the molecule is CC1=CC[C@H](C(C)(C)O)CC1OC(=O)Cn1cnc2c1c(=O)n(C)c(=O)n2C. The van der Waals surface area contributed by atoms with Crippen LogP contribution in [0.4, 0.5) is 0 Å². The van der Waals surface area contributed by atoms with E-state index in [-0.39, 0.29) is 23.6 Å². The van der Waals surface area contributed by atoms with Crippen LogP contribution in [0.5, 0.6) is 0 Å². The van der Waals surface area contributed by atoms with Crippen LogP contribution in [0.3, 0.4) is 0 Å². The van der Waals surface area contributed by atoms with Gasteiger partial charge in [0.2, 0.25) is 0 Å².